The Hall–Kier alpha value is -1.27. The largest absolute Gasteiger partial charge is 0.322 e. The van der Waals surface area contributed by atoms with E-state index >= 15 is 0 Å². The van der Waals surface area contributed by atoms with Crippen molar-refractivity contribution in [1.29, 1.82) is 0 Å². The Morgan fingerprint density at radius 3 is 3.29 bits per heavy atom. The summed E-state index contributed by atoms with van der Waals surface area (Å²) in [5.74, 6) is 0.772. The van der Waals surface area contributed by atoms with Crippen LogP contribution in [0.4, 0.5) is 0 Å². The molecule has 2 aromatic rings. The van der Waals surface area contributed by atoms with E-state index in [2.05, 4.69) is 27.0 Å². The molecule has 0 saturated heterocycles. The first-order valence-electron chi connectivity index (χ1n) is 5.87. The highest BCUT2D eigenvalue weighted by atomic mass is 32.1. The summed E-state index contributed by atoms with van der Waals surface area (Å²) in [5.41, 5.74) is 7.27. The number of tetrazole rings is 1. The van der Waals surface area contributed by atoms with E-state index in [1.54, 1.807) is 0 Å². The molecule has 0 amide bonds. The second-order valence-electron chi connectivity index (χ2n) is 4.48. The number of nitrogens with two attached hydrogens (primary N) is 1. The van der Waals surface area contributed by atoms with Gasteiger partial charge in [-0.15, -0.1) is 16.4 Å². The van der Waals surface area contributed by atoms with E-state index in [0.29, 0.717) is 0 Å². The van der Waals surface area contributed by atoms with E-state index < -0.39 is 0 Å². The fourth-order valence-corrected chi connectivity index (χ4v) is 3.42. The minimum absolute atomic E-state index is 0.131. The zero-order chi connectivity index (χ0) is 11.8. The van der Waals surface area contributed by atoms with Crippen LogP contribution in [0, 0.1) is 0 Å². The predicted molar refractivity (Wildman–Crippen MR) is 65.8 cm³/mol. The normalized spacial score (nSPS) is 21.2. The third kappa shape index (κ3) is 1.77. The predicted octanol–water partition coefficient (Wildman–Crippen LogP) is 1.68. The summed E-state index contributed by atoms with van der Waals surface area (Å²) in [5, 5.41) is 14.1. The summed E-state index contributed by atoms with van der Waals surface area (Å²) in [6.07, 6.45) is 3.46. The van der Waals surface area contributed by atoms with Crippen LogP contribution in [-0.2, 0) is 6.42 Å². The van der Waals surface area contributed by atoms with Crippen LogP contribution in [0.15, 0.2) is 11.4 Å². The van der Waals surface area contributed by atoms with Crippen molar-refractivity contribution in [3.63, 3.8) is 0 Å². The molecular weight excluding hydrogens is 234 g/mol. The van der Waals surface area contributed by atoms with E-state index in [9.17, 15) is 0 Å². The van der Waals surface area contributed by atoms with Gasteiger partial charge in [0, 0.05) is 4.88 Å². The van der Waals surface area contributed by atoms with Gasteiger partial charge >= 0.3 is 0 Å². The average molecular weight is 249 g/mol. The number of aryl methyl sites for hydroxylation is 1. The van der Waals surface area contributed by atoms with Gasteiger partial charge in [-0.2, -0.15) is 0 Å². The van der Waals surface area contributed by atoms with Crippen molar-refractivity contribution in [1.82, 2.24) is 20.2 Å². The van der Waals surface area contributed by atoms with Gasteiger partial charge in [0.2, 0.25) is 0 Å². The Balaban J connectivity index is 2.04. The second-order valence-corrected chi connectivity index (χ2v) is 5.48. The molecule has 0 fully saturated rings. The summed E-state index contributed by atoms with van der Waals surface area (Å²) in [4.78, 5) is 1.47. The number of rotatable bonds is 2. The molecule has 5 nitrogen and oxygen atoms in total. The molecule has 2 N–H and O–H groups in total. The van der Waals surface area contributed by atoms with Crippen LogP contribution in [0.1, 0.15) is 48.1 Å². The summed E-state index contributed by atoms with van der Waals surface area (Å²) in [7, 11) is 0. The molecule has 2 atom stereocenters. The zero-order valence-electron chi connectivity index (χ0n) is 9.71. The number of hydrogen-bond donors (Lipinski definition) is 1. The number of nitrogens with zero attached hydrogens (tertiary/aromatic N) is 4. The third-order valence-electron chi connectivity index (χ3n) is 3.24. The number of hydrogen-bond acceptors (Lipinski definition) is 5. The molecule has 2 heterocycles. The van der Waals surface area contributed by atoms with E-state index in [4.69, 9.17) is 5.73 Å². The molecule has 0 bridgehead atoms. The summed E-state index contributed by atoms with van der Waals surface area (Å²) in [6, 6.07) is 2.33. The Kier molecular flexibility index (Phi) is 2.68. The number of aromatic nitrogens is 4. The lowest BCUT2D eigenvalue weighted by Crippen LogP contribution is -2.22. The number of fused-ring (bicyclic) bond motifs is 1. The molecule has 17 heavy (non-hydrogen) atoms. The molecule has 0 saturated carbocycles. The SMILES string of the molecule is CC(N)c1nnnn1C1CCCc2sccc21. The zero-order valence-corrected chi connectivity index (χ0v) is 10.5. The van der Waals surface area contributed by atoms with Gasteiger partial charge in [0.15, 0.2) is 5.82 Å². The molecule has 0 radical (unpaired) electrons. The van der Waals surface area contributed by atoms with Crippen molar-refractivity contribution in [3.05, 3.63) is 27.7 Å². The lowest BCUT2D eigenvalue weighted by molar-refractivity contribution is 0.423. The lowest BCUT2D eigenvalue weighted by atomic mass is 9.94. The first-order valence-corrected chi connectivity index (χ1v) is 6.75. The van der Waals surface area contributed by atoms with E-state index in [-0.39, 0.29) is 12.1 Å². The van der Waals surface area contributed by atoms with Crippen LogP contribution in [0.3, 0.4) is 0 Å². The highest BCUT2D eigenvalue weighted by Gasteiger charge is 2.26. The molecule has 6 heteroatoms. The van der Waals surface area contributed by atoms with Gasteiger partial charge in [0.05, 0.1) is 12.1 Å². The minimum atomic E-state index is -0.131. The number of thiophene rings is 1. The maximum absolute atomic E-state index is 5.90. The van der Waals surface area contributed by atoms with Gasteiger partial charge < -0.3 is 5.73 Å². The van der Waals surface area contributed by atoms with Crippen molar-refractivity contribution < 1.29 is 0 Å². The standard InChI is InChI=1S/C11H15N5S/c1-7(12)11-13-14-15-16(11)9-3-2-4-10-8(9)5-6-17-10/h5-7,9H,2-4,12H2,1H3. The first kappa shape index (κ1) is 10.9. The summed E-state index contributed by atoms with van der Waals surface area (Å²) in [6.45, 7) is 1.92. The van der Waals surface area contributed by atoms with Gasteiger partial charge in [-0.3, -0.25) is 0 Å². The van der Waals surface area contributed by atoms with Crippen molar-refractivity contribution in [2.24, 2.45) is 5.73 Å². The molecular formula is C11H15N5S. The molecule has 0 aromatic carbocycles. The maximum Gasteiger partial charge on any atom is 0.168 e. The van der Waals surface area contributed by atoms with E-state index in [1.165, 1.54) is 23.3 Å². The van der Waals surface area contributed by atoms with Crippen molar-refractivity contribution >= 4 is 11.3 Å². The molecule has 90 valence electrons. The van der Waals surface area contributed by atoms with Crippen molar-refractivity contribution in [3.8, 4) is 0 Å². The molecule has 2 aromatic heterocycles. The van der Waals surface area contributed by atoms with Gasteiger partial charge in [-0.05, 0) is 53.6 Å². The van der Waals surface area contributed by atoms with Crippen molar-refractivity contribution in [2.75, 3.05) is 0 Å². The van der Waals surface area contributed by atoms with Gasteiger partial charge in [0.1, 0.15) is 0 Å². The van der Waals surface area contributed by atoms with Gasteiger partial charge in [0.25, 0.3) is 0 Å². The third-order valence-corrected chi connectivity index (χ3v) is 4.24. The van der Waals surface area contributed by atoms with Gasteiger partial charge in [-0.1, -0.05) is 0 Å². The molecule has 2 unspecified atom stereocenters. The molecule has 0 aliphatic heterocycles. The van der Waals surface area contributed by atoms with Crippen LogP contribution in [0.5, 0.6) is 0 Å². The fraction of sp³-hybridized carbons (Fsp3) is 0.545. The highest BCUT2D eigenvalue weighted by Crippen LogP contribution is 2.36. The lowest BCUT2D eigenvalue weighted by Gasteiger charge is -2.23. The van der Waals surface area contributed by atoms with Crippen molar-refractivity contribution in [2.45, 2.75) is 38.3 Å². The van der Waals surface area contributed by atoms with Crippen LogP contribution in [0.25, 0.3) is 0 Å². The molecule has 0 spiro atoms. The molecule has 1 aliphatic rings. The van der Waals surface area contributed by atoms with E-state index in [1.807, 2.05) is 22.9 Å². The summed E-state index contributed by atoms with van der Waals surface area (Å²) < 4.78 is 1.90. The van der Waals surface area contributed by atoms with Crippen LogP contribution >= 0.6 is 11.3 Å². The smallest absolute Gasteiger partial charge is 0.168 e. The second kappa shape index (κ2) is 4.19. The first-order chi connectivity index (χ1) is 8.27. The summed E-state index contributed by atoms with van der Waals surface area (Å²) >= 11 is 1.83. The van der Waals surface area contributed by atoms with E-state index in [0.717, 1.165) is 12.2 Å². The molecule has 3 rings (SSSR count). The maximum atomic E-state index is 5.90. The highest BCUT2D eigenvalue weighted by molar-refractivity contribution is 7.10. The Morgan fingerprint density at radius 2 is 2.47 bits per heavy atom. The Labute approximate surface area is 104 Å². The van der Waals surface area contributed by atoms with Gasteiger partial charge in [-0.25, -0.2) is 4.68 Å². The van der Waals surface area contributed by atoms with Crippen LogP contribution in [-0.4, -0.2) is 20.2 Å². The Morgan fingerprint density at radius 1 is 1.59 bits per heavy atom. The monoisotopic (exact) mass is 249 g/mol. The van der Waals surface area contributed by atoms with Crippen LogP contribution < -0.4 is 5.73 Å². The van der Waals surface area contributed by atoms with Crippen LogP contribution in [0.2, 0.25) is 0 Å². The fourth-order valence-electron chi connectivity index (χ4n) is 2.44. The minimum Gasteiger partial charge on any atom is -0.322 e. The Bertz CT molecular complexity index is 515. The molecule has 1 aliphatic carbocycles. The average Bonchev–Trinajstić information content (AvgIpc) is 2.97. The topological polar surface area (TPSA) is 69.6 Å². The quantitative estimate of drug-likeness (QED) is 0.879.